The molecule has 5 rings (SSSR count). The number of nitrogens with zero attached hydrogens (tertiary/aromatic N) is 5. The van der Waals surface area contributed by atoms with Crippen molar-refractivity contribution in [2.75, 3.05) is 22.1 Å². The van der Waals surface area contributed by atoms with Gasteiger partial charge in [0, 0.05) is 36.4 Å². The number of aromatic hydroxyl groups is 1. The molecule has 35 heavy (non-hydrogen) atoms. The lowest BCUT2D eigenvalue weighted by molar-refractivity contribution is -0.117. The van der Waals surface area contributed by atoms with E-state index in [1.54, 1.807) is 11.0 Å². The standard InChI is InChI=1S/C23H28N8O4/c1-11(2)13-8-17(30-29-13)26-21-19-15(32)9-16(33)20(19)27-23(28-21)31-7-3-4-14(31)22(35)25-12-5-6-18(34)24-10-12/h5-6,8,10-11,14-16,32-33H,3-4,7,9H2,1-2H3,(H,24,34)(H,25,35)(H2,26,27,28,29,30)/t14-,15-,16-/m0/s1. The minimum absolute atomic E-state index is 0.123. The van der Waals surface area contributed by atoms with Gasteiger partial charge in [-0.1, -0.05) is 13.8 Å². The summed E-state index contributed by atoms with van der Waals surface area (Å²) in [5, 5.41) is 43.7. The molecular formula is C23H28N8O4. The summed E-state index contributed by atoms with van der Waals surface area (Å²) in [6.45, 7) is 4.65. The van der Waals surface area contributed by atoms with Gasteiger partial charge in [-0.3, -0.25) is 9.89 Å². The van der Waals surface area contributed by atoms with E-state index in [0.29, 0.717) is 47.5 Å². The molecule has 1 fully saturated rings. The van der Waals surface area contributed by atoms with Gasteiger partial charge in [-0.2, -0.15) is 10.1 Å². The first kappa shape index (κ1) is 23.0. The van der Waals surface area contributed by atoms with Crippen LogP contribution < -0.4 is 15.5 Å². The number of hydrogen-bond donors (Lipinski definition) is 6. The number of carbonyl (C=O) groups excluding carboxylic acids is 1. The molecular weight excluding hydrogens is 452 g/mol. The summed E-state index contributed by atoms with van der Waals surface area (Å²) in [7, 11) is 0. The van der Waals surface area contributed by atoms with Crippen LogP contribution in [0.1, 0.15) is 68.2 Å². The monoisotopic (exact) mass is 480 g/mol. The number of pyridine rings is 1. The Morgan fingerprint density at radius 3 is 2.77 bits per heavy atom. The lowest BCUT2D eigenvalue weighted by Crippen LogP contribution is -2.40. The number of rotatable bonds is 6. The summed E-state index contributed by atoms with van der Waals surface area (Å²) >= 11 is 0. The van der Waals surface area contributed by atoms with Crippen LogP contribution in [0, 0.1) is 0 Å². The molecule has 3 aromatic heterocycles. The molecule has 4 heterocycles. The first-order valence-electron chi connectivity index (χ1n) is 11.6. The Labute approximate surface area is 201 Å². The molecule has 3 atom stereocenters. The predicted octanol–water partition coefficient (Wildman–Crippen LogP) is 2.25. The maximum Gasteiger partial charge on any atom is 0.247 e. The maximum absolute atomic E-state index is 13.1. The number of anilines is 4. The van der Waals surface area contributed by atoms with E-state index >= 15 is 0 Å². The van der Waals surface area contributed by atoms with Crippen LogP contribution in [-0.2, 0) is 4.79 Å². The van der Waals surface area contributed by atoms with Crippen molar-refractivity contribution in [3.05, 3.63) is 41.3 Å². The number of carbonyl (C=O) groups is 1. The minimum Gasteiger partial charge on any atom is -0.493 e. The highest BCUT2D eigenvalue weighted by atomic mass is 16.3. The number of hydrogen-bond acceptors (Lipinski definition) is 10. The topological polar surface area (TPSA) is 172 Å². The quantitative estimate of drug-likeness (QED) is 0.307. The Morgan fingerprint density at radius 2 is 2.06 bits per heavy atom. The van der Waals surface area contributed by atoms with Gasteiger partial charge < -0.3 is 30.9 Å². The van der Waals surface area contributed by atoms with E-state index in [4.69, 9.17) is 0 Å². The van der Waals surface area contributed by atoms with Crippen LogP contribution in [-0.4, -0.2) is 59.0 Å². The molecule has 1 amide bonds. The smallest absolute Gasteiger partial charge is 0.247 e. The van der Waals surface area contributed by atoms with Crippen molar-refractivity contribution in [1.82, 2.24) is 25.1 Å². The van der Waals surface area contributed by atoms with Crippen molar-refractivity contribution < 1.29 is 20.1 Å². The van der Waals surface area contributed by atoms with Crippen LogP contribution in [0.5, 0.6) is 5.88 Å². The van der Waals surface area contributed by atoms with Gasteiger partial charge in [-0.15, -0.1) is 0 Å². The average Bonchev–Trinajstić information content (AvgIpc) is 3.55. The van der Waals surface area contributed by atoms with Crippen molar-refractivity contribution >= 4 is 29.2 Å². The summed E-state index contributed by atoms with van der Waals surface area (Å²) in [5.41, 5.74) is 2.19. The predicted molar refractivity (Wildman–Crippen MR) is 127 cm³/mol. The molecule has 1 saturated heterocycles. The van der Waals surface area contributed by atoms with Gasteiger partial charge >= 0.3 is 0 Å². The average molecular weight is 481 g/mol. The second-order valence-corrected chi connectivity index (χ2v) is 9.17. The molecule has 1 aliphatic carbocycles. The number of aromatic amines is 1. The first-order valence-corrected chi connectivity index (χ1v) is 11.6. The van der Waals surface area contributed by atoms with E-state index in [1.807, 2.05) is 19.9 Å². The third-order valence-corrected chi connectivity index (χ3v) is 6.35. The van der Waals surface area contributed by atoms with Crippen LogP contribution >= 0.6 is 0 Å². The van der Waals surface area contributed by atoms with Crippen LogP contribution in [0.3, 0.4) is 0 Å². The van der Waals surface area contributed by atoms with Gasteiger partial charge in [0.15, 0.2) is 5.82 Å². The van der Waals surface area contributed by atoms with E-state index in [-0.39, 0.29) is 24.1 Å². The van der Waals surface area contributed by atoms with E-state index in [9.17, 15) is 20.1 Å². The van der Waals surface area contributed by atoms with Gasteiger partial charge in [0.2, 0.25) is 17.7 Å². The second kappa shape index (κ2) is 9.12. The number of fused-ring (bicyclic) bond motifs is 1. The Hall–Kier alpha value is -3.77. The normalized spacial score (nSPS) is 21.4. The largest absolute Gasteiger partial charge is 0.493 e. The number of aromatic nitrogens is 5. The highest BCUT2D eigenvalue weighted by Gasteiger charge is 2.38. The van der Waals surface area contributed by atoms with Crippen molar-refractivity contribution in [2.24, 2.45) is 0 Å². The molecule has 184 valence electrons. The fourth-order valence-corrected chi connectivity index (χ4v) is 4.50. The van der Waals surface area contributed by atoms with Gasteiger partial charge in [0.25, 0.3) is 0 Å². The van der Waals surface area contributed by atoms with Crippen molar-refractivity contribution in [3.63, 3.8) is 0 Å². The molecule has 12 heteroatoms. The molecule has 3 aromatic rings. The van der Waals surface area contributed by atoms with Crippen molar-refractivity contribution in [1.29, 1.82) is 0 Å². The SMILES string of the molecule is CC(C)c1cc(Nc2nc(N3CCC[C@H]3C(=O)Nc3ccc(O)nc3)nc3c2[C@@H](O)C[C@@H]3O)n[nH]1. The first-order chi connectivity index (χ1) is 16.8. The van der Waals surface area contributed by atoms with Gasteiger partial charge in [-0.25, -0.2) is 9.97 Å². The Bertz CT molecular complexity index is 1230. The summed E-state index contributed by atoms with van der Waals surface area (Å²) in [4.78, 5) is 27.9. The third-order valence-electron chi connectivity index (χ3n) is 6.35. The molecule has 0 unspecified atom stereocenters. The van der Waals surface area contributed by atoms with E-state index < -0.39 is 18.2 Å². The van der Waals surface area contributed by atoms with E-state index in [2.05, 4.69) is 35.8 Å². The summed E-state index contributed by atoms with van der Waals surface area (Å²) in [5.74, 6) is 1.05. The van der Waals surface area contributed by atoms with Crippen LogP contribution in [0.2, 0.25) is 0 Å². The molecule has 0 aromatic carbocycles. The Kier molecular flexibility index (Phi) is 5.99. The third kappa shape index (κ3) is 4.49. The zero-order chi connectivity index (χ0) is 24.7. The van der Waals surface area contributed by atoms with Crippen molar-refractivity contribution in [3.8, 4) is 5.88 Å². The zero-order valence-corrected chi connectivity index (χ0v) is 19.4. The number of H-pyrrole nitrogens is 1. The highest BCUT2D eigenvalue weighted by molar-refractivity contribution is 5.97. The molecule has 6 N–H and O–H groups in total. The fraction of sp³-hybridized carbons (Fsp3) is 0.435. The fourth-order valence-electron chi connectivity index (χ4n) is 4.50. The summed E-state index contributed by atoms with van der Waals surface area (Å²) in [6.07, 6.45) is 1.01. The molecule has 0 saturated carbocycles. The maximum atomic E-state index is 13.1. The lowest BCUT2D eigenvalue weighted by Gasteiger charge is -2.25. The van der Waals surface area contributed by atoms with Gasteiger partial charge in [0.05, 0.1) is 29.8 Å². The molecule has 1 aliphatic heterocycles. The number of nitrogens with one attached hydrogen (secondary N) is 3. The van der Waals surface area contributed by atoms with Crippen LogP contribution in [0.15, 0.2) is 24.4 Å². The minimum atomic E-state index is -0.939. The molecule has 0 radical (unpaired) electrons. The Morgan fingerprint density at radius 1 is 1.23 bits per heavy atom. The van der Waals surface area contributed by atoms with E-state index in [0.717, 1.165) is 12.1 Å². The number of aliphatic hydroxyl groups is 2. The second-order valence-electron chi connectivity index (χ2n) is 9.17. The molecule has 0 bridgehead atoms. The molecule has 2 aliphatic rings. The number of aliphatic hydroxyl groups excluding tert-OH is 2. The Balaban J connectivity index is 1.45. The zero-order valence-electron chi connectivity index (χ0n) is 19.4. The highest BCUT2D eigenvalue weighted by Crippen LogP contribution is 2.43. The summed E-state index contributed by atoms with van der Waals surface area (Å²) < 4.78 is 0. The van der Waals surface area contributed by atoms with Gasteiger partial charge in [0.1, 0.15) is 11.9 Å². The molecule has 0 spiro atoms. The van der Waals surface area contributed by atoms with Crippen LogP contribution in [0.25, 0.3) is 0 Å². The lowest BCUT2D eigenvalue weighted by atomic mass is 10.1. The van der Waals surface area contributed by atoms with Crippen molar-refractivity contribution in [2.45, 2.75) is 57.3 Å². The van der Waals surface area contributed by atoms with Gasteiger partial charge in [-0.05, 0) is 24.8 Å². The number of amides is 1. The van der Waals surface area contributed by atoms with E-state index in [1.165, 1.54) is 12.3 Å². The van der Waals surface area contributed by atoms with Crippen LogP contribution in [0.4, 0.5) is 23.3 Å². The summed E-state index contributed by atoms with van der Waals surface area (Å²) in [6, 6.07) is 4.31. The molecule has 12 nitrogen and oxygen atoms in total.